The molecule has 0 radical (unpaired) electrons. The first-order chi connectivity index (χ1) is 10.2. The molecule has 114 valence electrons. The number of hydrogen-bond acceptors (Lipinski definition) is 4. The van der Waals surface area contributed by atoms with E-state index in [1.54, 1.807) is 7.11 Å². The van der Waals surface area contributed by atoms with Gasteiger partial charge in [0, 0.05) is 20.2 Å². The van der Waals surface area contributed by atoms with Crippen LogP contribution >= 0.6 is 0 Å². The van der Waals surface area contributed by atoms with E-state index in [0.29, 0.717) is 19.7 Å². The minimum atomic E-state index is -0.515. The molecule has 0 saturated heterocycles. The number of methoxy groups -OCH3 is 1. The van der Waals surface area contributed by atoms with Crippen LogP contribution in [0.4, 0.5) is 0 Å². The zero-order chi connectivity index (χ0) is 15.1. The lowest BCUT2D eigenvalue weighted by Crippen LogP contribution is -2.31. The van der Waals surface area contributed by atoms with Crippen LogP contribution < -0.4 is 0 Å². The number of aliphatic hydroxyl groups excluding tert-OH is 1. The maximum Gasteiger partial charge on any atom is 0.118 e. The van der Waals surface area contributed by atoms with E-state index in [9.17, 15) is 5.11 Å². The van der Waals surface area contributed by atoms with Crippen molar-refractivity contribution in [2.75, 3.05) is 26.8 Å². The maximum atomic E-state index is 10.4. The highest BCUT2D eigenvalue weighted by molar-refractivity contribution is 5.17. The Morgan fingerprint density at radius 3 is 2.57 bits per heavy atom. The summed E-state index contributed by atoms with van der Waals surface area (Å²) in [7, 11) is 1.68. The molecule has 1 unspecified atom stereocenters. The molecule has 1 aromatic heterocycles. The van der Waals surface area contributed by atoms with Crippen LogP contribution in [0.1, 0.15) is 23.2 Å². The van der Waals surface area contributed by atoms with Crippen molar-refractivity contribution in [2.45, 2.75) is 19.6 Å². The lowest BCUT2D eigenvalue weighted by molar-refractivity contribution is 0.0810. The summed E-state index contributed by atoms with van der Waals surface area (Å²) in [5.74, 6) is 1.81. The predicted molar refractivity (Wildman–Crippen MR) is 82.0 cm³/mol. The Labute approximate surface area is 126 Å². The van der Waals surface area contributed by atoms with Crippen LogP contribution in [0.5, 0.6) is 0 Å². The highest BCUT2D eigenvalue weighted by atomic mass is 16.5. The molecule has 0 spiro atoms. The second kappa shape index (κ2) is 7.98. The van der Waals surface area contributed by atoms with E-state index in [-0.39, 0.29) is 0 Å². The lowest BCUT2D eigenvalue weighted by Gasteiger charge is -2.24. The number of rotatable bonds is 8. The van der Waals surface area contributed by atoms with E-state index < -0.39 is 6.10 Å². The molecule has 0 saturated carbocycles. The van der Waals surface area contributed by atoms with Crippen molar-refractivity contribution < 1.29 is 14.3 Å². The fourth-order valence-electron chi connectivity index (χ4n) is 2.27. The van der Waals surface area contributed by atoms with E-state index in [4.69, 9.17) is 9.15 Å². The molecule has 1 N–H and O–H groups in total. The molecule has 2 rings (SSSR count). The van der Waals surface area contributed by atoms with E-state index in [2.05, 4.69) is 4.90 Å². The molecule has 0 amide bonds. The van der Waals surface area contributed by atoms with Crippen LogP contribution in [0.25, 0.3) is 0 Å². The number of nitrogens with zero attached hydrogens (tertiary/aromatic N) is 1. The number of furan rings is 1. The molecule has 4 heteroatoms. The largest absolute Gasteiger partial charge is 0.465 e. The number of aliphatic hydroxyl groups is 1. The highest BCUT2D eigenvalue weighted by Crippen LogP contribution is 2.16. The van der Waals surface area contributed by atoms with Gasteiger partial charge in [0.05, 0.1) is 19.3 Å². The molecule has 0 aliphatic rings. The maximum absolute atomic E-state index is 10.4. The van der Waals surface area contributed by atoms with Crippen molar-refractivity contribution in [3.8, 4) is 0 Å². The molecule has 21 heavy (non-hydrogen) atoms. The summed E-state index contributed by atoms with van der Waals surface area (Å²) in [5, 5.41) is 10.4. The molecule has 0 fully saturated rings. The third-order valence-corrected chi connectivity index (χ3v) is 3.40. The predicted octanol–water partition coefficient (Wildman–Crippen LogP) is 2.77. The van der Waals surface area contributed by atoms with Crippen LogP contribution in [-0.4, -0.2) is 36.8 Å². The Hall–Kier alpha value is -1.62. The Morgan fingerprint density at radius 1 is 1.19 bits per heavy atom. The zero-order valence-corrected chi connectivity index (χ0v) is 12.7. The van der Waals surface area contributed by atoms with Gasteiger partial charge in [0.15, 0.2) is 0 Å². The monoisotopic (exact) mass is 289 g/mol. The van der Waals surface area contributed by atoms with E-state index in [1.165, 1.54) is 0 Å². The van der Waals surface area contributed by atoms with Gasteiger partial charge in [-0.15, -0.1) is 0 Å². The van der Waals surface area contributed by atoms with Gasteiger partial charge >= 0.3 is 0 Å². The number of benzene rings is 1. The van der Waals surface area contributed by atoms with Gasteiger partial charge in [-0.2, -0.15) is 0 Å². The zero-order valence-electron chi connectivity index (χ0n) is 12.7. The second-order valence-electron chi connectivity index (χ2n) is 5.17. The van der Waals surface area contributed by atoms with Gasteiger partial charge in [-0.3, -0.25) is 4.90 Å². The normalized spacial score (nSPS) is 12.8. The average Bonchev–Trinajstić information content (AvgIpc) is 2.90. The van der Waals surface area contributed by atoms with Gasteiger partial charge in [0.25, 0.3) is 0 Å². The molecule has 2 aromatic rings. The smallest absolute Gasteiger partial charge is 0.118 e. The minimum absolute atomic E-state index is 0.515. The summed E-state index contributed by atoms with van der Waals surface area (Å²) in [5.41, 5.74) is 0.926. The first kappa shape index (κ1) is 15.8. The summed E-state index contributed by atoms with van der Waals surface area (Å²) in [6.07, 6.45) is -0.515. The molecule has 0 aliphatic heterocycles. The van der Waals surface area contributed by atoms with Gasteiger partial charge in [0.2, 0.25) is 0 Å². The molecule has 0 bridgehead atoms. The minimum Gasteiger partial charge on any atom is -0.465 e. The first-order valence-corrected chi connectivity index (χ1v) is 7.18. The standard InChI is InChI=1S/C17H23NO3/c1-14-8-9-16(21-14)12-18(10-11-20-2)13-17(19)15-6-4-3-5-7-15/h3-9,17,19H,10-13H2,1-2H3. The van der Waals surface area contributed by atoms with Crippen molar-refractivity contribution in [1.82, 2.24) is 4.90 Å². The van der Waals surface area contributed by atoms with E-state index >= 15 is 0 Å². The average molecular weight is 289 g/mol. The van der Waals surface area contributed by atoms with Crippen LogP contribution in [0.15, 0.2) is 46.9 Å². The van der Waals surface area contributed by atoms with Gasteiger partial charge in [-0.1, -0.05) is 30.3 Å². The quantitative estimate of drug-likeness (QED) is 0.811. The van der Waals surface area contributed by atoms with Crippen LogP contribution in [0.3, 0.4) is 0 Å². The Balaban J connectivity index is 1.98. The molecular weight excluding hydrogens is 266 g/mol. The fourth-order valence-corrected chi connectivity index (χ4v) is 2.27. The summed E-state index contributed by atoms with van der Waals surface area (Å²) >= 11 is 0. The topological polar surface area (TPSA) is 45.8 Å². The van der Waals surface area contributed by atoms with Gasteiger partial charge in [-0.25, -0.2) is 0 Å². The van der Waals surface area contributed by atoms with Gasteiger partial charge in [0.1, 0.15) is 11.5 Å². The summed E-state index contributed by atoms with van der Waals surface area (Å²) in [6, 6.07) is 13.6. The molecule has 1 aromatic carbocycles. The van der Waals surface area contributed by atoms with Crippen molar-refractivity contribution in [3.63, 3.8) is 0 Å². The van der Waals surface area contributed by atoms with Crippen molar-refractivity contribution in [1.29, 1.82) is 0 Å². The number of aryl methyl sites for hydroxylation is 1. The summed E-state index contributed by atoms with van der Waals surface area (Å²) in [6.45, 7) is 4.53. The number of hydrogen-bond donors (Lipinski definition) is 1. The van der Waals surface area contributed by atoms with Crippen molar-refractivity contribution >= 4 is 0 Å². The number of ether oxygens (including phenoxy) is 1. The molecular formula is C17H23NO3. The van der Waals surface area contributed by atoms with Crippen LogP contribution in [0, 0.1) is 6.92 Å². The van der Waals surface area contributed by atoms with Gasteiger partial charge < -0.3 is 14.3 Å². The molecule has 0 aliphatic carbocycles. The highest BCUT2D eigenvalue weighted by Gasteiger charge is 2.15. The summed E-state index contributed by atoms with van der Waals surface area (Å²) < 4.78 is 10.8. The van der Waals surface area contributed by atoms with Gasteiger partial charge in [-0.05, 0) is 24.6 Å². The Bertz CT molecular complexity index is 524. The third-order valence-electron chi connectivity index (χ3n) is 3.40. The second-order valence-corrected chi connectivity index (χ2v) is 5.17. The molecule has 4 nitrogen and oxygen atoms in total. The van der Waals surface area contributed by atoms with Crippen molar-refractivity contribution in [3.05, 3.63) is 59.5 Å². The summed E-state index contributed by atoms with van der Waals surface area (Å²) in [4.78, 5) is 2.14. The van der Waals surface area contributed by atoms with E-state index in [1.807, 2.05) is 49.4 Å². The lowest BCUT2D eigenvalue weighted by atomic mass is 10.1. The first-order valence-electron chi connectivity index (χ1n) is 7.18. The van der Waals surface area contributed by atoms with Crippen molar-refractivity contribution in [2.24, 2.45) is 0 Å². The van der Waals surface area contributed by atoms with E-state index in [0.717, 1.165) is 23.6 Å². The molecule has 1 heterocycles. The fraction of sp³-hybridized carbons (Fsp3) is 0.412. The van der Waals surface area contributed by atoms with Crippen LogP contribution in [-0.2, 0) is 11.3 Å². The SMILES string of the molecule is COCCN(Cc1ccc(C)o1)CC(O)c1ccccc1. The Morgan fingerprint density at radius 2 is 1.95 bits per heavy atom. The molecule has 1 atom stereocenters. The third kappa shape index (κ3) is 5.01. The Kier molecular flexibility index (Phi) is 5.99. The van der Waals surface area contributed by atoms with Crippen LogP contribution in [0.2, 0.25) is 0 Å².